The molecular weight excluding hydrogens is 259 g/mol. The standard InChI is InChI=1S/C16H17FO3/c1-2-16(18)20-15-5-3-4-14(10-15)19-11-12-6-8-13(17)9-7-12/h3-10,16,18H,2,11H2,1H3. The van der Waals surface area contributed by atoms with Gasteiger partial charge in [-0.05, 0) is 29.8 Å². The van der Waals surface area contributed by atoms with Gasteiger partial charge in [-0.25, -0.2) is 4.39 Å². The van der Waals surface area contributed by atoms with Crippen LogP contribution < -0.4 is 9.47 Å². The molecule has 4 heteroatoms. The zero-order chi connectivity index (χ0) is 14.4. The second-order valence-electron chi connectivity index (χ2n) is 4.37. The van der Waals surface area contributed by atoms with E-state index in [0.29, 0.717) is 24.5 Å². The van der Waals surface area contributed by atoms with Gasteiger partial charge in [0.15, 0.2) is 6.29 Å². The SMILES string of the molecule is CCC(O)Oc1cccc(OCc2ccc(F)cc2)c1. The Hall–Kier alpha value is -2.07. The first-order chi connectivity index (χ1) is 9.67. The molecular formula is C16H17FO3. The van der Waals surface area contributed by atoms with Crippen LogP contribution in [0.2, 0.25) is 0 Å². The quantitative estimate of drug-likeness (QED) is 0.820. The lowest BCUT2D eigenvalue weighted by atomic mass is 10.2. The smallest absolute Gasteiger partial charge is 0.197 e. The molecule has 0 spiro atoms. The number of halogens is 1. The summed E-state index contributed by atoms with van der Waals surface area (Å²) in [5.41, 5.74) is 0.881. The summed E-state index contributed by atoms with van der Waals surface area (Å²) in [5.74, 6) is 0.920. The van der Waals surface area contributed by atoms with Crippen LogP contribution in [-0.4, -0.2) is 11.4 Å². The molecule has 106 valence electrons. The maximum Gasteiger partial charge on any atom is 0.197 e. The molecule has 0 amide bonds. The van der Waals surface area contributed by atoms with Gasteiger partial charge >= 0.3 is 0 Å². The van der Waals surface area contributed by atoms with E-state index in [4.69, 9.17) is 9.47 Å². The van der Waals surface area contributed by atoms with E-state index in [1.54, 1.807) is 36.4 Å². The predicted molar refractivity (Wildman–Crippen MR) is 74.1 cm³/mol. The maximum atomic E-state index is 12.8. The first-order valence-electron chi connectivity index (χ1n) is 6.49. The summed E-state index contributed by atoms with van der Waals surface area (Å²) in [7, 11) is 0. The van der Waals surface area contributed by atoms with E-state index in [2.05, 4.69) is 0 Å². The normalized spacial score (nSPS) is 11.9. The third kappa shape index (κ3) is 4.24. The minimum atomic E-state index is -0.817. The average molecular weight is 276 g/mol. The fourth-order valence-corrected chi connectivity index (χ4v) is 1.63. The summed E-state index contributed by atoms with van der Waals surface area (Å²) in [4.78, 5) is 0. The Labute approximate surface area is 117 Å². The van der Waals surface area contributed by atoms with Crippen LogP contribution in [0.3, 0.4) is 0 Å². The van der Waals surface area contributed by atoms with Crippen molar-refractivity contribution in [3.8, 4) is 11.5 Å². The molecule has 0 bridgehead atoms. The molecule has 0 aliphatic heterocycles. The van der Waals surface area contributed by atoms with Gasteiger partial charge in [0.05, 0.1) is 0 Å². The van der Waals surface area contributed by atoms with Crippen LogP contribution >= 0.6 is 0 Å². The molecule has 3 nitrogen and oxygen atoms in total. The number of aliphatic hydroxyl groups excluding tert-OH is 1. The number of rotatable bonds is 6. The molecule has 0 saturated heterocycles. The summed E-state index contributed by atoms with van der Waals surface area (Å²) < 4.78 is 23.7. The second-order valence-corrected chi connectivity index (χ2v) is 4.37. The van der Waals surface area contributed by atoms with Gasteiger partial charge in [0.2, 0.25) is 0 Å². The van der Waals surface area contributed by atoms with Gasteiger partial charge in [-0.2, -0.15) is 0 Å². The third-order valence-electron chi connectivity index (χ3n) is 2.75. The van der Waals surface area contributed by atoms with Crippen LogP contribution in [0.4, 0.5) is 4.39 Å². The van der Waals surface area contributed by atoms with Crippen molar-refractivity contribution in [1.29, 1.82) is 0 Å². The molecule has 2 aromatic rings. The van der Waals surface area contributed by atoms with Crippen LogP contribution in [0.1, 0.15) is 18.9 Å². The Kier molecular flexibility index (Phi) is 4.96. The van der Waals surface area contributed by atoms with Gasteiger partial charge in [-0.15, -0.1) is 0 Å². The average Bonchev–Trinajstić information content (AvgIpc) is 2.47. The van der Waals surface area contributed by atoms with E-state index >= 15 is 0 Å². The minimum Gasteiger partial charge on any atom is -0.489 e. The van der Waals surface area contributed by atoms with Crippen molar-refractivity contribution in [3.63, 3.8) is 0 Å². The lowest BCUT2D eigenvalue weighted by Crippen LogP contribution is -2.13. The van der Waals surface area contributed by atoms with E-state index in [1.165, 1.54) is 12.1 Å². The van der Waals surface area contributed by atoms with Crippen molar-refractivity contribution >= 4 is 0 Å². The molecule has 0 radical (unpaired) electrons. The summed E-state index contributed by atoms with van der Waals surface area (Å²) in [6.45, 7) is 2.18. The van der Waals surface area contributed by atoms with Crippen molar-refractivity contribution in [2.45, 2.75) is 26.2 Å². The zero-order valence-corrected chi connectivity index (χ0v) is 11.3. The van der Waals surface area contributed by atoms with Crippen molar-refractivity contribution in [2.75, 3.05) is 0 Å². The van der Waals surface area contributed by atoms with E-state index in [-0.39, 0.29) is 5.82 Å². The fraction of sp³-hybridized carbons (Fsp3) is 0.250. The van der Waals surface area contributed by atoms with Crippen LogP contribution in [0.5, 0.6) is 11.5 Å². The first-order valence-corrected chi connectivity index (χ1v) is 6.49. The molecule has 0 fully saturated rings. The lowest BCUT2D eigenvalue weighted by molar-refractivity contribution is -0.0192. The monoisotopic (exact) mass is 276 g/mol. The van der Waals surface area contributed by atoms with Gasteiger partial charge in [0.25, 0.3) is 0 Å². The van der Waals surface area contributed by atoms with Crippen LogP contribution in [0, 0.1) is 5.82 Å². The Bertz CT molecular complexity index is 540. The van der Waals surface area contributed by atoms with Gasteiger partial charge in [-0.3, -0.25) is 0 Å². The van der Waals surface area contributed by atoms with Crippen LogP contribution in [-0.2, 0) is 6.61 Å². The van der Waals surface area contributed by atoms with Gasteiger partial charge in [0, 0.05) is 12.5 Å². The second kappa shape index (κ2) is 6.91. The molecule has 1 N–H and O–H groups in total. The van der Waals surface area contributed by atoms with Crippen molar-refractivity contribution in [2.24, 2.45) is 0 Å². The summed E-state index contributed by atoms with van der Waals surface area (Å²) in [5, 5.41) is 9.44. The summed E-state index contributed by atoms with van der Waals surface area (Å²) >= 11 is 0. The van der Waals surface area contributed by atoms with Crippen molar-refractivity contribution in [3.05, 3.63) is 59.9 Å². The van der Waals surface area contributed by atoms with Gasteiger partial charge < -0.3 is 14.6 Å². The molecule has 1 atom stereocenters. The van der Waals surface area contributed by atoms with E-state index < -0.39 is 6.29 Å². The van der Waals surface area contributed by atoms with Crippen LogP contribution in [0.25, 0.3) is 0 Å². The molecule has 2 aromatic carbocycles. The number of aliphatic hydroxyl groups is 1. The highest BCUT2D eigenvalue weighted by Crippen LogP contribution is 2.21. The Morgan fingerprint density at radius 3 is 2.50 bits per heavy atom. The molecule has 0 aliphatic carbocycles. The van der Waals surface area contributed by atoms with Crippen molar-refractivity contribution < 1.29 is 19.0 Å². The maximum absolute atomic E-state index is 12.8. The highest BCUT2D eigenvalue weighted by molar-refractivity contribution is 5.33. The first kappa shape index (κ1) is 14.3. The van der Waals surface area contributed by atoms with Gasteiger partial charge in [-0.1, -0.05) is 25.1 Å². The summed E-state index contributed by atoms with van der Waals surface area (Å²) in [6, 6.07) is 13.2. The molecule has 20 heavy (non-hydrogen) atoms. The zero-order valence-electron chi connectivity index (χ0n) is 11.3. The van der Waals surface area contributed by atoms with E-state index in [0.717, 1.165) is 5.56 Å². The molecule has 0 saturated carbocycles. The minimum absolute atomic E-state index is 0.266. The number of hydrogen-bond acceptors (Lipinski definition) is 3. The Morgan fingerprint density at radius 2 is 1.80 bits per heavy atom. The molecule has 1 unspecified atom stereocenters. The molecule has 0 aliphatic rings. The van der Waals surface area contributed by atoms with E-state index in [1.807, 2.05) is 6.92 Å². The number of hydrogen-bond donors (Lipinski definition) is 1. The fourth-order valence-electron chi connectivity index (χ4n) is 1.63. The number of ether oxygens (including phenoxy) is 2. The number of benzene rings is 2. The van der Waals surface area contributed by atoms with Crippen molar-refractivity contribution in [1.82, 2.24) is 0 Å². The third-order valence-corrected chi connectivity index (χ3v) is 2.75. The summed E-state index contributed by atoms with van der Waals surface area (Å²) in [6.07, 6.45) is -0.303. The Balaban J connectivity index is 1.95. The Morgan fingerprint density at radius 1 is 1.10 bits per heavy atom. The van der Waals surface area contributed by atoms with Gasteiger partial charge in [0.1, 0.15) is 23.9 Å². The van der Waals surface area contributed by atoms with E-state index in [9.17, 15) is 9.50 Å². The predicted octanol–water partition coefficient (Wildman–Crippen LogP) is 3.51. The lowest BCUT2D eigenvalue weighted by Gasteiger charge is -2.12. The molecule has 0 heterocycles. The topological polar surface area (TPSA) is 38.7 Å². The highest BCUT2D eigenvalue weighted by atomic mass is 19.1. The highest BCUT2D eigenvalue weighted by Gasteiger charge is 2.04. The molecule has 0 aromatic heterocycles. The van der Waals surface area contributed by atoms with Crippen LogP contribution in [0.15, 0.2) is 48.5 Å². The molecule has 2 rings (SSSR count). The largest absolute Gasteiger partial charge is 0.489 e.